The van der Waals surface area contributed by atoms with Gasteiger partial charge in [0.25, 0.3) is 5.91 Å². The van der Waals surface area contributed by atoms with Gasteiger partial charge in [-0.05, 0) is 24.5 Å². The SMILES string of the molecule is Cn1nc(C(=O)N2Cc3[nH]cnc3C(c3ccccc3)C2)cc1C1CC1. The van der Waals surface area contributed by atoms with Gasteiger partial charge in [-0.3, -0.25) is 9.48 Å². The molecular weight excluding hydrogens is 326 g/mol. The van der Waals surface area contributed by atoms with Crippen LogP contribution in [0.15, 0.2) is 42.7 Å². The third-order valence-corrected chi connectivity index (χ3v) is 5.45. The summed E-state index contributed by atoms with van der Waals surface area (Å²) in [6.07, 6.45) is 4.12. The third kappa shape index (κ3) is 2.53. The lowest BCUT2D eigenvalue weighted by atomic mass is 9.91. The first-order valence-corrected chi connectivity index (χ1v) is 9.11. The van der Waals surface area contributed by atoms with E-state index in [0.29, 0.717) is 24.7 Å². The lowest BCUT2D eigenvalue weighted by Crippen LogP contribution is -2.39. The Kier molecular flexibility index (Phi) is 3.45. The molecule has 1 saturated carbocycles. The van der Waals surface area contributed by atoms with Crippen LogP contribution >= 0.6 is 0 Å². The van der Waals surface area contributed by atoms with Crippen LogP contribution in [0.25, 0.3) is 0 Å². The molecular formula is C20H21N5O. The number of H-pyrrole nitrogens is 1. The van der Waals surface area contributed by atoms with Crippen LogP contribution in [0.2, 0.25) is 0 Å². The molecule has 5 rings (SSSR count). The minimum absolute atomic E-state index is 0.00585. The second-order valence-electron chi connectivity index (χ2n) is 7.27. The number of imidazole rings is 1. The maximum Gasteiger partial charge on any atom is 0.274 e. The smallest absolute Gasteiger partial charge is 0.274 e. The quantitative estimate of drug-likeness (QED) is 0.792. The van der Waals surface area contributed by atoms with E-state index in [-0.39, 0.29) is 11.8 Å². The van der Waals surface area contributed by atoms with E-state index in [1.54, 1.807) is 6.33 Å². The first-order chi connectivity index (χ1) is 12.7. The molecule has 1 aliphatic carbocycles. The van der Waals surface area contributed by atoms with Gasteiger partial charge in [-0.1, -0.05) is 30.3 Å². The number of benzene rings is 1. The molecule has 6 nitrogen and oxygen atoms in total. The molecule has 1 N–H and O–H groups in total. The zero-order valence-electron chi connectivity index (χ0n) is 14.7. The van der Waals surface area contributed by atoms with Gasteiger partial charge in [-0.15, -0.1) is 0 Å². The minimum atomic E-state index is -0.00585. The summed E-state index contributed by atoms with van der Waals surface area (Å²) >= 11 is 0. The summed E-state index contributed by atoms with van der Waals surface area (Å²) in [5, 5.41) is 4.49. The van der Waals surface area contributed by atoms with Crippen molar-refractivity contribution in [2.24, 2.45) is 7.05 Å². The first-order valence-electron chi connectivity index (χ1n) is 9.11. The second kappa shape index (κ2) is 5.83. The molecule has 3 aromatic rings. The van der Waals surface area contributed by atoms with E-state index in [1.807, 2.05) is 40.9 Å². The third-order valence-electron chi connectivity index (χ3n) is 5.45. The van der Waals surface area contributed by atoms with Crippen molar-refractivity contribution in [1.29, 1.82) is 0 Å². The molecule has 26 heavy (non-hydrogen) atoms. The van der Waals surface area contributed by atoms with Crippen molar-refractivity contribution in [3.8, 4) is 0 Å². The molecule has 6 heteroatoms. The number of aryl methyl sites for hydroxylation is 1. The number of nitrogens with one attached hydrogen (secondary N) is 1. The van der Waals surface area contributed by atoms with Crippen LogP contribution in [-0.2, 0) is 13.6 Å². The lowest BCUT2D eigenvalue weighted by molar-refractivity contribution is 0.0715. The fraction of sp³-hybridized carbons (Fsp3) is 0.350. The van der Waals surface area contributed by atoms with Gasteiger partial charge in [0, 0.05) is 31.1 Å². The average Bonchev–Trinajstić information content (AvgIpc) is 3.27. The van der Waals surface area contributed by atoms with Gasteiger partial charge in [0.1, 0.15) is 0 Å². The molecule has 2 aliphatic rings. The van der Waals surface area contributed by atoms with Crippen molar-refractivity contribution in [2.45, 2.75) is 31.2 Å². The highest BCUT2D eigenvalue weighted by Crippen LogP contribution is 2.40. The molecule has 1 aliphatic heterocycles. The number of aromatic nitrogens is 4. The normalized spacial score (nSPS) is 19.4. The maximum absolute atomic E-state index is 13.1. The zero-order valence-corrected chi connectivity index (χ0v) is 14.7. The summed E-state index contributed by atoms with van der Waals surface area (Å²) in [5.41, 5.74) is 4.95. The molecule has 1 atom stereocenters. The Morgan fingerprint density at radius 1 is 1.23 bits per heavy atom. The van der Waals surface area contributed by atoms with Gasteiger partial charge in [-0.25, -0.2) is 4.98 Å². The molecule has 2 aromatic heterocycles. The van der Waals surface area contributed by atoms with Crippen molar-refractivity contribution in [3.05, 3.63) is 71.1 Å². The van der Waals surface area contributed by atoms with Gasteiger partial charge in [0.2, 0.25) is 0 Å². The molecule has 1 amide bonds. The Balaban J connectivity index is 1.46. The standard InChI is InChI=1S/C20H21N5O/c1-24-18(14-7-8-14)9-16(23-24)20(26)25-10-15(13-5-3-2-4-6-13)19-17(11-25)21-12-22-19/h2-6,9,12,14-15H,7-8,10-11H2,1H3,(H,21,22). The van der Waals surface area contributed by atoms with Crippen LogP contribution in [0.5, 0.6) is 0 Å². The number of hydrogen-bond acceptors (Lipinski definition) is 3. The number of fused-ring (bicyclic) bond motifs is 1. The molecule has 0 saturated heterocycles. The number of carbonyl (C=O) groups excluding carboxylic acids is 1. The summed E-state index contributed by atoms with van der Waals surface area (Å²) < 4.78 is 1.87. The molecule has 1 fully saturated rings. The van der Waals surface area contributed by atoms with Gasteiger partial charge in [0.05, 0.1) is 24.3 Å². The Labute approximate surface area is 151 Å². The van der Waals surface area contributed by atoms with Crippen molar-refractivity contribution >= 4 is 5.91 Å². The second-order valence-corrected chi connectivity index (χ2v) is 7.27. The number of hydrogen-bond donors (Lipinski definition) is 1. The number of carbonyl (C=O) groups is 1. The highest BCUT2D eigenvalue weighted by molar-refractivity contribution is 5.92. The van der Waals surface area contributed by atoms with Crippen LogP contribution in [0.4, 0.5) is 0 Å². The van der Waals surface area contributed by atoms with E-state index in [9.17, 15) is 4.79 Å². The molecule has 0 radical (unpaired) electrons. The van der Waals surface area contributed by atoms with Crippen LogP contribution in [0, 0.1) is 0 Å². The van der Waals surface area contributed by atoms with E-state index in [2.05, 4.69) is 27.2 Å². The number of rotatable bonds is 3. The van der Waals surface area contributed by atoms with Crippen LogP contribution in [-0.4, -0.2) is 37.1 Å². The van der Waals surface area contributed by atoms with Crippen molar-refractivity contribution in [2.75, 3.05) is 6.54 Å². The van der Waals surface area contributed by atoms with Crippen LogP contribution in [0.1, 0.15) is 57.8 Å². The van der Waals surface area contributed by atoms with E-state index in [1.165, 1.54) is 24.1 Å². The van der Waals surface area contributed by atoms with Crippen molar-refractivity contribution in [1.82, 2.24) is 24.6 Å². The van der Waals surface area contributed by atoms with E-state index in [0.717, 1.165) is 11.4 Å². The Bertz CT molecular complexity index is 954. The van der Waals surface area contributed by atoms with Gasteiger partial charge < -0.3 is 9.88 Å². The summed E-state index contributed by atoms with van der Waals surface area (Å²) in [7, 11) is 1.93. The summed E-state index contributed by atoms with van der Waals surface area (Å²) in [5.74, 6) is 0.655. The predicted octanol–water partition coefficient (Wildman–Crippen LogP) is 2.81. The Hall–Kier alpha value is -2.89. The zero-order chi connectivity index (χ0) is 17.7. The van der Waals surface area contributed by atoms with Gasteiger partial charge in [0.15, 0.2) is 5.69 Å². The fourth-order valence-electron chi connectivity index (χ4n) is 3.93. The molecule has 1 aromatic carbocycles. The summed E-state index contributed by atoms with van der Waals surface area (Å²) in [6, 6.07) is 12.2. The van der Waals surface area contributed by atoms with Gasteiger partial charge in [-0.2, -0.15) is 5.10 Å². The van der Waals surface area contributed by atoms with E-state index >= 15 is 0 Å². The Morgan fingerprint density at radius 2 is 2.04 bits per heavy atom. The van der Waals surface area contributed by atoms with E-state index in [4.69, 9.17) is 0 Å². The Morgan fingerprint density at radius 3 is 2.81 bits per heavy atom. The van der Waals surface area contributed by atoms with E-state index < -0.39 is 0 Å². The minimum Gasteiger partial charge on any atom is -0.347 e. The molecule has 0 bridgehead atoms. The summed E-state index contributed by atoms with van der Waals surface area (Å²) in [4.78, 5) is 22.7. The topological polar surface area (TPSA) is 66.8 Å². The molecule has 132 valence electrons. The number of amides is 1. The largest absolute Gasteiger partial charge is 0.347 e. The molecule has 0 spiro atoms. The maximum atomic E-state index is 13.1. The average molecular weight is 347 g/mol. The summed E-state index contributed by atoms with van der Waals surface area (Å²) in [6.45, 7) is 1.17. The lowest BCUT2D eigenvalue weighted by Gasteiger charge is -2.31. The number of nitrogens with zero attached hydrogens (tertiary/aromatic N) is 4. The van der Waals surface area contributed by atoms with Crippen LogP contribution in [0.3, 0.4) is 0 Å². The highest BCUT2D eigenvalue weighted by Gasteiger charge is 2.34. The predicted molar refractivity (Wildman–Crippen MR) is 96.8 cm³/mol. The first kappa shape index (κ1) is 15.4. The number of aromatic amines is 1. The highest BCUT2D eigenvalue weighted by atomic mass is 16.2. The van der Waals surface area contributed by atoms with Crippen LogP contribution < -0.4 is 0 Å². The van der Waals surface area contributed by atoms with Gasteiger partial charge >= 0.3 is 0 Å². The fourth-order valence-corrected chi connectivity index (χ4v) is 3.93. The monoisotopic (exact) mass is 347 g/mol. The van der Waals surface area contributed by atoms with Crippen molar-refractivity contribution in [3.63, 3.8) is 0 Å². The molecule has 3 heterocycles. The molecule has 1 unspecified atom stereocenters. The van der Waals surface area contributed by atoms with Crippen molar-refractivity contribution < 1.29 is 4.79 Å².